The summed E-state index contributed by atoms with van der Waals surface area (Å²) in [4.78, 5) is 30.0. The molecule has 1 heterocycles. The third-order valence-corrected chi connectivity index (χ3v) is 6.92. The molecule has 4 rings (SSSR count). The average molecular weight is 544 g/mol. The zero-order valence-corrected chi connectivity index (χ0v) is 24.0. The Hall–Kier alpha value is -4.40. The zero-order valence-electron chi connectivity index (χ0n) is 24.0. The standard InChI is InChI=1S/C31H37N5O4/c1-20(2)16-17-32-31(38)30(24-15-14-23(39-5)18-27(24)40-6)36(29-21(3)10-9-11-22(29)4)28(37)19-35-26-13-8-7-12-25(26)33-34-35/h7-15,18,20,30H,16-17,19H2,1-6H3,(H,32,38)/t30-/m0/s1. The fourth-order valence-electron chi connectivity index (χ4n) is 4.84. The Morgan fingerprint density at radius 3 is 2.38 bits per heavy atom. The van der Waals surface area contributed by atoms with Gasteiger partial charge >= 0.3 is 0 Å². The molecule has 3 aromatic carbocycles. The van der Waals surface area contributed by atoms with Gasteiger partial charge in [0.15, 0.2) is 0 Å². The number of ether oxygens (including phenoxy) is 2. The van der Waals surface area contributed by atoms with Crippen molar-refractivity contribution in [3.05, 3.63) is 77.4 Å². The highest BCUT2D eigenvalue weighted by Crippen LogP contribution is 2.38. The van der Waals surface area contributed by atoms with E-state index in [1.54, 1.807) is 42.0 Å². The first kappa shape index (κ1) is 28.6. The molecule has 0 aliphatic carbocycles. The van der Waals surface area contributed by atoms with Crippen LogP contribution in [0.2, 0.25) is 0 Å². The molecule has 0 bridgehead atoms. The van der Waals surface area contributed by atoms with E-state index < -0.39 is 6.04 Å². The molecular weight excluding hydrogens is 506 g/mol. The van der Waals surface area contributed by atoms with Crippen molar-refractivity contribution in [2.45, 2.75) is 46.7 Å². The molecule has 2 amide bonds. The van der Waals surface area contributed by atoms with Gasteiger partial charge in [0.2, 0.25) is 11.8 Å². The number of rotatable bonds is 11. The topological polar surface area (TPSA) is 98.6 Å². The molecule has 1 N–H and O–H groups in total. The van der Waals surface area contributed by atoms with E-state index in [2.05, 4.69) is 29.5 Å². The zero-order chi connectivity index (χ0) is 28.8. The predicted molar refractivity (Wildman–Crippen MR) is 156 cm³/mol. The summed E-state index contributed by atoms with van der Waals surface area (Å²) in [6.45, 7) is 8.45. The van der Waals surface area contributed by atoms with Gasteiger partial charge in [-0.1, -0.05) is 49.4 Å². The average Bonchev–Trinajstić information content (AvgIpc) is 3.34. The first-order valence-electron chi connectivity index (χ1n) is 13.4. The summed E-state index contributed by atoms with van der Waals surface area (Å²) in [6.07, 6.45) is 0.806. The number of hydrogen-bond donors (Lipinski definition) is 1. The van der Waals surface area contributed by atoms with Crippen LogP contribution >= 0.6 is 0 Å². The van der Waals surface area contributed by atoms with Crippen LogP contribution in [0.4, 0.5) is 5.69 Å². The van der Waals surface area contributed by atoms with Crippen molar-refractivity contribution in [2.75, 3.05) is 25.7 Å². The van der Waals surface area contributed by atoms with E-state index in [1.807, 2.05) is 56.3 Å². The molecule has 0 saturated carbocycles. The molecule has 1 aromatic heterocycles. The third-order valence-electron chi connectivity index (χ3n) is 6.92. The molecule has 0 spiro atoms. The Balaban J connectivity index is 1.88. The highest BCUT2D eigenvalue weighted by Gasteiger charge is 2.36. The molecule has 0 aliphatic heterocycles. The highest BCUT2D eigenvalue weighted by molar-refractivity contribution is 6.03. The van der Waals surface area contributed by atoms with E-state index >= 15 is 0 Å². The van der Waals surface area contributed by atoms with Gasteiger partial charge in [0.25, 0.3) is 0 Å². The van der Waals surface area contributed by atoms with E-state index in [4.69, 9.17) is 9.47 Å². The molecule has 0 radical (unpaired) electrons. The number of para-hydroxylation sites is 2. The number of amides is 2. The fourth-order valence-corrected chi connectivity index (χ4v) is 4.84. The number of aromatic nitrogens is 3. The summed E-state index contributed by atoms with van der Waals surface area (Å²) >= 11 is 0. The van der Waals surface area contributed by atoms with E-state index in [9.17, 15) is 9.59 Å². The minimum absolute atomic E-state index is 0.109. The van der Waals surface area contributed by atoms with E-state index in [-0.39, 0.29) is 18.4 Å². The van der Waals surface area contributed by atoms with Crippen LogP contribution in [0.1, 0.15) is 43.0 Å². The number of benzene rings is 3. The van der Waals surface area contributed by atoms with Gasteiger partial charge in [-0.3, -0.25) is 14.5 Å². The van der Waals surface area contributed by atoms with E-state index in [0.717, 1.165) is 23.1 Å². The van der Waals surface area contributed by atoms with Crippen LogP contribution in [0.25, 0.3) is 11.0 Å². The normalized spacial score (nSPS) is 11.9. The first-order chi connectivity index (χ1) is 19.2. The summed E-state index contributed by atoms with van der Waals surface area (Å²) < 4.78 is 12.7. The molecule has 0 fully saturated rings. The number of carbonyl (C=O) groups excluding carboxylic acids is 2. The highest BCUT2D eigenvalue weighted by atomic mass is 16.5. The maximum absolute atomic E-state index is 14.4. The van der Waals surface area contributed by atoms with Crippen LogP contribution in [0.3, 0.4) is 0 Å². The van der Waals surface area contributed by atoms with Crippen LogP contribution in [0.5, 0.6) is 11.5 Å². The minimum Gasteiger partial charge on any atom is -0.497 e. The molecule has 9 nitrogen and oxygen atoms in total. The van der Waals surface area contributed by atoms with Gasteiger partial charge in [0.05, 0.1) is 25.4 Å². The van der Waals surface area contributed by atoms with Gasteiger partial charge in [0.1, 0.15) is 29.6 Å². The van der Waals surface area contributed by atoms with Gasteiger partial charge in [-0.2, -0.15) is 0 Å². The maximum atomic E-state index is 14.4. The third kappa shape index (κ3) is 6.09. The molecule has 210 valence electrons. The molecule has 0 unspecified atom stereocenters. The lowest BCUT2D eigenvalue weighted by Gasteiger charge is -2.34. The predicted octanol–water partition coefficient (Wildman–Crippen LogP) is 5.00. The van der Waals surface area contributed by atoms with Crippen LogP contribution < -0.4 is 19.7 Å². The first-order valence-corrected chi connectivity index (χ1v) is 13.4. The fraction of sp³-hybridized carbons (Fsp3) is 0.355. The Bertz CT molecular complexity index is 1480. The van der Waals surface area contributed by atoms with Crippen molar-refractivity contribution in [3.8, 4) is 11.5 Å². The van der Waals surface area contributed by atoms with Crippen molar-refractivity contribution in [1.29, 1.82) is 0 Å². The summed E-state index contributed by atoms with van der Waals surface area (Å²) in [6, 6.07) is 17.5. The van der Waals surface area contributed by atoms with Crippen LogP contribution in [-0.2, 0) is 16.1 Å². The van der Waals surface area contributed by atoms with Gasteiger partial charge in [0, 0.05) is 18.2 Å². The SMILES string of the molecule is COc1ccc([C@@H](C(=O)NCCC(C)C)N(C(=O)Cn2nnc3ccccc32)c2c(C)cccc2C)c(OC)c1. The second-order valence-electron chi connectivity index (χ2n) is 10.2. The van der Waals surface area contributed by atoms with Crippen molar-refractivity contribution < 1.29 is 19.1 Å². The molecule has 9 heteroatoms. The smallest absolute Gasteiger partial charge is 0.249 e. The van der Waals surface area contributed by atoms with Crippen molar-refractivity contribution in [1.82, 2.24) is 20.3 Å². The molecule has 1 atom stereocenters. The summed E-state index contributed by atoms with van der Waals surface area (Å²) in [5.74, 6) is 0.821. The lowest BCUT2D eigenvalue weighted by atomic mass is 9.98. The second-order valence-corrected chi connectivity index (χ2v) is 10.2. The van der Waals surface area contributed by atoms with Gasteiger partial charge in [-0.15, -0.1) is 5.10 Å². The van der Waals surface area contributed by atoms with Crippen molar-refractivity contribution in [2.24, 2.45) is 5.92 Å². The number of nitrogens with one attached hydrogen (secondary N) is 1. The second kappa shape index (κ2) is 12.6. The van der Waals surface area contributed by atoms with Crippen LogP contribution in [0.15, 0.2) is 60.7 Å². The molecule has 4 aromatic rings. The Morgan fingerprint density at radius 1 is 0.975 bits per heavy atom. The number of fused-ring (bicyclic) bond motifs is 1. The quantitative estimate of drug-likeness (QED) is 0.286. The van der Waals surface area contributed by atoms with E-state index in [0.29, 0.717) is 40.7 Å². The van der Waals surface area contributed by atoms with E-state index in [1.165, 1.54) is 0 Å². The Labute approximate surface area is 235 Å². The maximum Gasteiger partial charge on any atom is 0.249 e. The summed E-state index contributed by atoms with van der Waals surface area (Å²) in [7, 11) is 3.11. The molecule has 40 heavy (non-hydrogen) atoms. The molecule has 0 saturated heterocycles. The number of nitrogens with zero attached hydrogens (tertiary/aromatic N) is 4. The number of methoxy groups -OCH3 is 2. The Kier molecular flexibility index (Phi) is 9.04. The summed E-state index contributed by atoms with van der Waals surface area (Å²) in [5, 5.41) is 11.5. The lowest BCUT2D eigenvalue weighted by molar-refractivity contribution is -0.127. The van der Waals surface area contributed by atoms with Gasteiger partial charge in [-0.25, -0.2) is 4.68 Å². The van der Waals surface area contributed by atoms with Crippen LogP contribution in [0, 0.1) is 19.8 Å². The number of hydrogen-bond acceptors (Lipinski definition) is 6. The van der Waals surface area contributed by atoms with Crippen molar-refractivity contribution in [3.63, 3.8) is 0 Å². The van der Waals surface area contributed by atoms with Gasteiger partial charge in [-0.05, 0) is 61.6 Å². The molecular formula is C31H37N5O4. The van der Waals surface area contributed by atoms with Gasteiger partial charge < -0.3 is 14.8 Å². The van der Waals surface area contributed by atoms with Crippen molar-refractivity contribution >= 4 is 28.5 Å². The van der Waals surface area contributed by atoms with Crippen LogP contribution in [-0.4, -0.2) is 47.6 Å². The summed E-state index contributed by atoms with van der Waals surface area (Å²) in [5.41, 5.74) is 4.36. The number of carbonyl (C=O) groups is 2. The Morgan fingerprint density at radius 2 is 1.70 bits per heavy atom. The molecule has 0 aliphatic rings. The minimum atomic E-state index is -1.02. The number of aryl methyl sites for hydroxylation is 2. The largest absolute Gasteiger partial charge is 0.497 e. The monoisotopic (exact) mass is 543 g/mol. The number of anilines is 1. The lowest BCUT2D eigenvalue weighted by Crippen LogP contribution is -2.46.